The maximum atomic E-state index is 2.64. The van der Waals surface area contributed by atoms with Gasteiger partial charge in [-0.05, 0) is 18.4 Å². The zero-order valence-corrected chi connectivity index (χ0v) is 25.7. The molecular formula is C36H64N2. The van der Waals surface area contributed by atoms with Gasteiger partial charge in [0, 0.05) is 31.9 Å². The molecule has 1 aromatic rings. The summed E-state index contributed by atoms with van der Waals surface area (Å²) in [6.07, 6.45) is 37.6. The maximum absolute atomic E-state index is 2.64. The average Bonchev–Trinajstić information content (AvgIpc) is 3.31. The Labute approximate surface area is 238 Å². The van der Waals surface area contributed by atoms with E-state index in [9.17, 15) is 0 Å². The third-order valence-corrected chi connectivity index (χ3v) is 8.52. The second-order valence-electron chi connectivity index (χ2n) is 12.0. The Balaban J connectivity index is 1.59. The predicted octanol–water partition coefficient (Wildman–Crippen LogP) is 11.3. The van der Waals surface area contributed by atoms with Crippen molar-refractivity contribution in [2.75, 3.05) is 13.1 Å². The fourth-order valence-electron chi connectivity index (χ4n) is 5.98. The fourth-order valence-corrected chi connectivity index (χ4v) is 5.98. The average molecular weight is 525 g/mol. The number of benzene rings is 1. The molecule has 2 heteroatoms. The number of nitrogens with zero attached hydrogens (tertiary/aromatic N) is 2. The zero-order valence-electron chi connectivity index (χ0n) is 25.7. The number of rotatable bonds is 26. The van der Waals surface area contributed by atoms with Crippen LogP contribution < -0.4 is 0 Å². The molecule has 0 N–H and O–H groups in total. The van der Waals surface area contributed by atoms with Crippen LogP contribution in [0.25, 0.3) is 0 Å². The summed E-state index contributed by atoms with van der Waals surface area (Å²) in [5, 5.41) is 0. The van der Waals surface area contributed by atoms with E-state index < -0.39 is 0 Å². The van der Waals surface area contributed by atoms with E-state index in [1.165, 1.54) is 160 Å². The first-order chi connectivity index (χ1) is 18.8. The molecule has 0 spiro atoms. The Bertz CT molecular complexity index is 619. The van der Waals surface area contributed by atoms with E-state index in [2.05, 4.69) is 66.4 Å². The Kier molecular flexibility index (Phi) is 20.2. The largest absolute Gasteiger partial charge is 0.356 e. The van der Waals surface area contributed by atoms with E-state index >= 15 is 0 Å². The molecule has 1 aliphatic heterocycles. The van der Waals surface area contributed by atoms with Gasteiger partial charge in [0.1, 0.15) is 6.17 Å². The maximum Gasteiger partial charge on any atom is 0.105 e. The first-order valence-electron chi connectivity index (χ1n) is 17.1. The summed E-state index contributed by atoms with van der Waals surface area (Å²) in [6, 6.07) is 11.1. The molecule has 0 atom stereocenters. The van der Waals surface area contributed by atoms with Crippen molar-refractivity contribution in [3.05, 3.63) is 48.3 Å². The van der Waals surface area contributed by atoms with Crippen molar-refractivity contribution in [1.29, 1.82) is 0 Å². The van der Waals surface area contributed by atoms with Crippen LogP contribution in [0.1, 0.15) is 161 Å². The highest BCUT2D eigenvalue weighted by Gasteiger charge is 2.25. The van der Waals surface area contributed by atoms with Crippen molar-refractivity contribution < 1.29 is 0 Å². The molecule has 1 aliphatic rings. The molecule has 0 amide bonds. The third-order valence-electron chi connectivity index (χ3n) is 8.52. The van der Waals surface area contributed by atoms with Gasteiger partial charge >= 0.3 is 0 Å². The second-order valence-corrected chi connectivity index (χ2v) is 12.0. The number of unbranched alkanes of at least 4 members (excludes halogenated alkanes) is 20. The van der Waals surface area contributed by atoms with Gasteiger partial charge in [0.2, 0.25) is 0 Å². The summed E-state index contributed by atoms with van der Waals surface area (Å²) >= 11 is 0. The smallest absolute Gasteiger partial charge is 0.105 e. The van der Waals surface area contributed by atoms with Gasteiger partial charge in [-0.3, -0.25) is 0 Å². The van der Waals surface area contributed by atoms with Gasteiger partial charge in [0.15, 0.2) is 0 Å². The van der Waals surface area contributed by atoms with Gasteiger partial charge in [0.05, 0.1) is 0 Å². The molecule has 0 saturated carbocycles. The molecule has 1 aromatic carbocycles. The van der Waals surface area contributed by atoms with Crippen molar-refractivity contribution in [1.82, 2.24) is 9.80 Å². The number of hydrogen-bond acceptors (Lipinski definition) is 2. The summed E-state index contributed by atoms with van der Waals surface area (Å²) in [7, 11) is 0. The lowest BCUT2D eigenvalue weighted by atomic mass is 10.1. The van der Waals surface area contributed by atoms with E-state index in [0.717, 1.165) is 6.42 Å². The molecule has 0 radical (unpaired) electrons. The van der Waals surface area contributed by atoms with E-state index in [1.54, 1.807) is 0 Å². The molecular weight excluding hydrogens is 460 g/mol. The molecule has 1 heterocycles. The molecule has 0 saturated heterocycles. The Morgan fingerprint density at radius 3 is 1.16 bits per heavy atom. The fraction of sp³-hybridized carbons (Fsp3) is 0.778. The van der Waals surface area contributed by atoms with E-state index in [-0.39, 0.29) is 0 Å². The lowest BCUT2D eigenvalue weighted by Crippen LogP contribution is -2.41. The zero-order chi connectivity index (χ0) is 26.9. The van der Waals surface area contributed by atoms with E-state index in [0.29, 0.717) is 6.17 Å². The van der Waals surface area contributed by atoms with Gasteiger partial charge in [-0.2, -0.15) is 0 Å². The van der Waals surface area contributed by atoms with Crippen LogP contribution in [-0.2, 0) is 6.42 Å². The van der Waals surface area contributed by atoms with Gasteiger partial charge in [-0.25, -0.2) is 0 Å². The predicted molar refractivity (Wildman–Crippen MR) is 169 cm³/mol. The summed E-state index contributed by atoms with van der Waals surface area (Å²) in [5.41, 5.74) is 1.47. The minimum Gasteiger partial charge on any atom is -0.356 e. The lowest BCUT2D eigenvalue weighted by molar-refractivity contribution is 0.148. The van der Waals surface area contributed by atoms with Crippen LogP contribution in [-0.4, -0.2) is 29.1 Å². The van der Waals surface area contributed by atoms with Gasteiger partial charge in [-0.15, -0.1) is 0 Å². The summed E-state index contributed by atoms with van der Waals surface area (Å²) in [6.45, 7) is 7.02. The lowest BCUT2D eigenvalue weighted by Gasteiger charge is -2.33. The topological polar surface area (TPSA) is 6.48 Å². The molecule has 2 rings (SSSR count). The summed E-state index contributed by atoms with van der Waals surface area (Å²) < 4.78 is 0. The van der Waals surface area contributed by atoms with Crippen LogP contribution in [0.15, 0.2) is 42.7 Å². The molecule has 0 aromatic heterocycles. The van der Waals surface area contributed by atoms with Gasteiger partial charge < -0.3 is 9.80 Å². The molecule has 0 bridgehead atoms. The quantitative estimate of drug-likeness (QED) is 0.111. The van der Waals surface area contributed by atoms with Crippen LogP contribution in [0, 0.1) is 0 Å². The third kappa shape index (κ3) is 15.8. The minimum absolute atomic E-state index is 0.503. The van der Waals surface area contributed by atoms with Crippen LogP contribution in [0.4, 0.5) is 0 Å². The summed E-state index contributed by atoms with van der Waals surface area (Å²) in [5.74, 6) is 0. The second kappa shape index (κ2) is 23.4. The Morgan fingerprint density at radius 1 is 0.447 bits per heavy atom. The van der Waals surface area contributed by atoms with Crippen molar-refractivity contribution in [3.63, 3.8) is 0 Å². The van der Waals surface area contributed by atoms with Crippen molar-refractivity contribution in [2.24, 2.45) is 0 Å². The van der Waals surface area contributed by atoms with Crippen LogP contribution in [0.3, 0.4) is 0 Å². The Hall–Kier alpha value is -1.44. The molecule has 0 aliphatic carbocycles. The van der Waals surface area contributed by atoms with E-state index in [1.807, 2.05) is 0 Å². The van der Waals surface area contributed by atoms with Crippen LogP contribution in [0.5, 0.6) is 0 Å². The molecule has 38 heavy (non-hydrogen) atoms. The van der Waals surface area contributed by atoms with Crippen LogP contribution in [0.2, 0.25) is 0 Å². The van der Waals surface area contributed by atoms with Crippen molar-refractivity contribution >= 4 is 0 Å². The molecule has 218 valence electrons. The number of hydrogen-bond donors (Lipinski definition) is 0. The van der Waals surface area contributed by atoms with Crippen molar-refractivity contribution in [2.45, 2.75) is 168 Å². The SMILES string of the molecule is CCCCCCCCCCCCCN1C=CN(CCCCCCCCCCCCC)C1Cc1ccccc1. The highest BCUT2D eigenvalue weighted by atomic mass is 15.4. The first kappa shape index (κ1) is 32.8. The first-order valence-corrected chi connectivity index (χ1v) is 17.1. The standard InChI is InChI=1S/C36H64N2/c1-3-5-7-9-11-13-15-17-19-21-26-30-37-32-33-38(36(37)34-35-28-24-23-25-29-35)31-27-22-20-18-16-14-12-10-8-6-4-2/h23-25,28-29,32-33,36H,3-22,26-27,30-31,34H2,1-2H3. The monoisotopic (exact) mass is 525 g/mol. The highest BCUT2D eigenvalue weighted by Crippen LogP contribution is 2.22. The summed E-state index contributed by atoms with van der Waals surface area (Å²) in [4.78, 5) is 5.28. The van der Waals surface area contributed by atoms with Crippen molar-refractivity contribution in [3.8, 4) is 0 Å². The van der Waals surface area contributed by atoms with E-state index in [4.69, 9.17) is 0 Å². The van der Waals surface area contributed by atoms with Gasteiger partial charge in [-0.1, -0.05) is 173 Å². The van der Waals surface area contributed by atoms with Crippen LogP contribution >= 0.6 is 0 Å². The normalized spacial score (nSPS) is 13.7. The molecule has 0 unspecified atom stereocenters. The molecule has 2 nitrogen and oxygen atoms in total. The Morgan fingerprint density at radius 2 is 0.789 bits per heavy atom. The van der Waals surface area contributed by atoms with Gasteiger partial charge in [0.25, 0.3) is 0 Å². The molecule has 0 fully saturated rings. The minimum atomic E-state index is 0.503. The highest BCUT2D eigenvalue weighted by molar-refractivity contribution is 5.17.